The van der Waals surface area contributed by atoms with Gasteiger partial charge < -0.3 is 10.1 Å². The van der Waals surface area contributed by atoms with Crippen molar-refractivity contribution in [3.63, 3.8) is 0 Å². The second-order valence-electron chi connectivity index (χ2n) is 13.8. The maximum atomic E-state index is 13.5. The number of hydrogen-bond donors (Lipinski definition) is 1. The van der Waals surface area contributed by atoms with E-state index in [0.717, 1.165) is 35.6 Å². The van der Waals surface area contributed by atoms with Crippen molar-refractivity contribution >= 4 is 27.8 Å². The molecule has 3 atom stereocenters. The second kappa shape index (κ2) is 9.35. The lowest BCUT2D eigenvalue weighted by Gasteiger charge is -2.35. The van der Waals surface area contributed by atoms with Crippen LogP contribution in [-0.2, 0) is 24.3 Å². The first kappa shape index (κ1) is 28.6. The van der Waals surface area contributed by atoms with Gasteiger partial charge in [-0.15, -0.1) is 0 Å². The molecule has 3 aliphatic rings. The molecule has 1 aromatic carbocycles. The summed E-state index contributed by atoms with van der Waals surface area (Å²) >= 11 is 0. The van der Waals surface area contributed by atoms with Crippen LogP contribution >= 0.6 is 0 Å². The summed E-state index contributed by atoms with van der Waals surface area (Å²) in [6.45, 7) is 14.0. The lowest BCUT2D eigenvalue weighted by Crippen LogP contribution is -2.51. The molecule has 0 heterocycles. The number of amides is 2. The Bertz CT molecular complexity index is 1220. The summed E-state index contributed by atoms with van der Waals surface area (Å²) in [6, 6.07) is 6.03. The van der Waals surface area contributed by atoms with Gasteiger partial charge >= 0.3 is 6.09 Å². The molecule has 3 saturated carbocycles. The van der Waals surface area contributed by atoms with Crippen molar-refractivity contribution in [2.75, 3.05) is 0 Å². The highest BCUT2D eigenvalue weighted by Crippen LogP contribution is 2.64. The molecule has 0 aromatic heterocycles. The molecule has 4 rings (SSSR count). The van der Waals surface area contributed by atoms with Gasteiger partial charge in [-0.2, -0.15) is 4.31 Å². The second-order valence-corrected chi connectivity index (χ2v) is 15.6. The highest BCUT2D eigenvalue weighted by Gasteiger charge is 2.62. The maximum absolute atomic E-state index is 13.5. The predicted octanol–water partition coefficient (Wildman–Crippen LogP) is 5.02. The minimum atomic E-state index is -4.20. The van der Waals surface area contributed by atoms with E-state index in [1.165, 1.54) is 12.1 Å². The number of Topliss-reactive ketones (excluding diaryl/α,β-unsaturated/α-hetero) is 1. The van der Waals surface area contributed by atoms with Crippen molar-refractivity contribution in [1.29, 1.82) is 0 Å². The number of carbonyl (C=O) groups is 3. The lowest BCUT2D eigenvalue weighted by atomic mass is 10.0. The largest absolute Gasteiger partial charge is 0.443 e. The topological polar surface area (TPSA) is 110 Å². The van der Waals surface area contributed by atoms with Crippen LogP contribution in [0.1, 0.15) is 92.6 Å². The summed E-state index contributed by atoms with van der Waals surface area (Å²) in [4.78, 5) is 38.9. The molecule has 38 heavy (non-hydrogen) atoms. The zero-order valence-electron chi connectivity index (χ0n) is 23.8. The van der Waals surface area contributed by atoms with E-state index in [4.69, 9.17) is 4.74 Å². The molecule has 3 aliphatic carbocycles. The van der Waals surface area contributed by atoms with Crippen molar-refractivity contribution in [2.45, 2.75) is 109 Å². The van der Waals surface area contributed by atoms with E-state index in [-0.39, 0.29) is 51.7 Å². The zero-order chi connectivity index (χ0) is 28.4. The van der Waals surface area contributed by atoms with Crippen molar-refractivity contribution in [3.8, 4) is 0 Å². The summed E-state index contributed by atoms with van der Waals surface area (Å²) in [6.07, 6.45) is 2.87. The highest BCUT2D eigenvalue weighted by atomic mass is 32.2. The molecule has 3 fully saturated rings. The number of ether oxygens (including phenoxy) is 1. The van der Waals surface area contributed by atoms with Crippen LogP contribution in [-0.4, -0.2) is 47.7 Å². The summed E-state index contributed by atoms with van der Waals surface area (Å²) in [7, 11) is -4.20. The van der Waals surface area contributed by atoms with Gasteiger partial charge in [-0.05, 0) is 96.3 Å². The fourth-order valence-corrected chi connectivity index (χ4v) is 7.10. The molecule has 1 unspecified atom stereocenters. The molecule has 210 valence electrons. The average Bonchev–Trinajstić information content (AvgIpc) is 3.61. The Morgan fingerprint density at radius 2 is 1.53 bits per heavy atom. The Morgan fingerprint density at radius 1 is 0.974 bits per heavy atom. The third-order valence-corrected chi connectivity index (χ3v) is 9.78. The highest BCUT2D eigenvalue weighted by molar-refractivity contribution is 7.89. The van der Waals surface area contributed by atoms with Crippen LogP contribution in [0.5, 0.6) is 0 Å². The summed E-state index contributed by atoms with van der Waals surface area (Å²) < 4.78 is 33.3. The number of nitrogens with zero attached hydrogens (tertiary/aromatic N) is 1. The Morgan fingerprint density at radius 3 is 1.97 bits per heavy atom. The van der Waals surface area contributed by atoms with E-state index in [2.05, 4.69) is 5.32 Å². The van der Waals surface area contributed by atoms with Crippen LogP contribution in [0.3, 0.4) is 0 Å². The first-order valence-electron chi connectivity index (χ1n) is 13.6. The number of benzene rings is 1. The first-order valence-corrected chi connectivity index (χ1v) is 15.0. The molecule has 9 heteroatoms. The van der Waals surface area contributed by atoms with Gasteiger partial charge in [0, 0.05) is 11.8 Å². The number of ketones is 1. The number of nitrogens with one attached hydrogen (secondary N) is 1. The first-order chi connectivity index (χ1) is 17.4. The smallest absolute Gasteiger partial charge is 0.424 e. The third kappa shape index (κ3) is 5.77. The summed E-state index contributed by atoms with van der Waals surface area (Å²) in [5.74, 6) is 0.0373. The fourth-order valence-electron chi connectivity index (χ4n) is 5.45. The van der Waals surface area contributed by atoms with Gasteiger partial charge in [-0.3, -0.25) is 9.59 Å². The van der Waals surface area contributed by atoms with Crippen LogP contribution in [0, 0.1) is 23.2 Å². The van der Waals surface area contributed by atoms with Gasteiger partial charge in [-0.1, -0.05) is 26.0 Å². The van der Waals surface area contributed by atoms with Gasteiger partial charge in [0.05, 0.1) is 22.4 Å². The van der Waals surface area contributed by atoms with Crippen molar-refractivity contribution in [1.82, 2.24) is 9.62 Å². The molecule has 2 amide bonds. The van der Waals surface area contributed by atoms with E-state index in [9.17, 15) is 22.8 Å². The average molecular weight is 547 g/mol. The Kier molecular flexibility index (Phi) is 7.03. The van der Waals surface area contributed by atoms with Crippen molar-refractivity contribution < 1.29 is 27.5 Å². The van der Waals surface area contributed by atoms with Gasteiger partial charge in [-0.25, -0.2) is 13.2 Å². The van der Waals surface area contributed by atoms with E-state index < -0.39 is 27.3 Å². The van der Waals surface area contributed by atoms with E-state index in [1.54, 1.807) is 53.7 Å². The Hall–Kier alpha value is -2.42. The molecule has 0 radical (unpaired) electrons. The predicted molar refractivity (Wildman–Crippen MR) is 144 cm³/mol. The normalized spacial score (nSPS) is 23.8. The van der Waals surface area contributed by atoms with Crippen LogP contribution in [0.2, 0.25) is 0 Å². The molecule has 8 nitrogen and oxygen atoms in total. The van der Waals surface area contributed by atoms with Gasteiger partial charge in [0.1, 0.15) is 5.60 Å². The van der Waals surface area contributed by atoms with Crippen molar-refractivity contribution in [3.05, 3.63) is 29.8 Å². The minimum Gasteiger partial charge on any atom is -0.443 e. The number of rotatable bonds is 8. The quantitative estimate of drug-likeness (QED) is 0.490. The lowest BCUT2D eigenvalue weighted by molar-refractivity contribution is -0.130. The zero-order valence-corrected chi connectivity index (χ0v) is 24.6. The summed E-state index contributed by atoms with van der Waals surface area (Å²) in [5, 5.41) is 3.07. The molecular weight excluding hydrogens is 504 g/mol. The van der Waals surface area contributed by atoms with E-state index >= 15 is 0 Å². The van der Waals surface area contributed by atoms with E-state index in [0.29, 0.717) is 0 Å². The Balaban J connectivity index is 1.52. The molecular formula is C29H42N2O6S. The molecule has 0 spiro atoms. The van der Waals surface area contributed by atoms with Gasteiger partial charge in [0.25, 0.3) is 10.0 Å². The molecule has 1 aromatic rings. The van der Waals surface area contributed by atoms with Crippen LogP contribution in [0.4, 0.5) is 4.79 Å². The standard InChI is InChI=1S/C29H42N2O6S/c1-27(2,3)31(26(34)37-28(4,5)6)38(35,36)20-15-13-17(14-16-20)21-22(29(21,7)8)25(33)30-23(18-9-10-18)24(32)19-11-12-19/h13-16,18-19,21-23H,9-12H2,1-8H3,(H,30,33)/t21-,22+,23?/m1/s1. The third-order valence-electron chi connectivity index (χ3n) is 7.73. The molecule has 0 aliphatic heterocycles. The molecule has 0 bridgehead atoms. The number of carbonyl (C=O) groups excluding carboxylic acids is 3. The summed E-state index contributed by atoms with van der Waals surface area (Å²) in [5.41, 5.74) is -1.37. The van der Waals surface area contributed by atoms with Crippen LogP contribution in [0.25, 0.3) is 0 Å². The van der Waals surface area contributed by atoms with Crippen LogP contribution < -0.4 is 5.32 Å². The fraction of sp³-hybridized carbons (Fsp3) is 0.690. The minimum absolute atomic E-state index is 0.0229. The maximum Gasteiger partial charge on any atom is 0.424 e. The van der Waals surface area contributed by atoms with Gasteiger partial charge in [0.2, 0.25) is 5.91 Å². The number of hydrogen-bond acceptors (Lipinski definition) is 6. The number of sulfonamides is 1. The monoisotopic (exact) mass is 546 g/mol. The SMILES string of the molecule is CC(C)(C)OC(=O)N(C(C)(C)C)S(=O)(=O)c1ccc([C@@H]2[C@@H](C(=O)NC(C(=O)C3CC3)C3CC3)C2(C)C)cc1. The van der Waals surface area contributed by atoms with Crippen LogP contribution in [0.15, 0.2) is 29.2 Å². The van der Waals surface area contributed by atoms with E-state index in [1.807, 2.05) is 13.8 Å². The van der Waals surface area contributed by atoms with Gasteiger partial charge in [0.15, 0.2) is 5.78 Å². The molecule has 1 N–H and O–H groups in total. The van der Waals surface area contributed by atoms with Crippen molar-refractivity contribution in [2.24, 2.45) is 23.2 Å². The Labute approximate surface area is 226 Å². The molecule has 0 saturated heterocycles.